The lowest BCUT2D eigenvalue weighted by atomic mass is 10.1. The van der Waals surface area contributed by atoms with Crippen LogP contribution in [0.3, 0.4) is 0 Å². The van der Waals surface area contributed by atoms with E-state index in [1.54, 1.807) is 23.1 Å². The lowest BCUT2D eigenvalue weighted by Gasteiger charge is -2.19. The Hall–Kier alpha value is -2.04. The topological polar surface area (TPSA) is 49.4 Å². The molecule has 1 N–H and O–H groups in total. The van der Waals surface area contributed by atoms with E-state index in [4.69, 9.17) is 23.2 Å². The van der Waals surface area contributed by atoms with Gasteiger partial charge < -0.3 is 10.2 Å². The van der Waals surface area contributed by atoms with Crippen LogP contribution in [0.4, 0.5) is 5.69 Å². The highest BCUT2D eigenvalue weighted by Crippen LogP contribution is 2.22. The molecule has 24 heavy (non-hydrogen) atoms. The van der Waals surface area contributed by atoms with Crippen molar-refractivity contribution in [2.24, 2.45) is 0 Å². The van der Waals surface area contributed by atoms with Gasteiger partial charge in [0.15, 0.2) is 0 Å². The molecule has 0 spiro atoms. The van der Waals surface area contributed by atoms with Crippen LogP contribution in [0.15, 0.2) is 42.5 Å². The van der Waals surface area contributed by atoms with Gasteiger partial charge in [0, 0.05) is 30.7 Å². The summed E-state index contributed by atoms with van der Waals surface area (Å²) >= 11 is 11.9. The molecule has 6 heteroatoms. The molecule has 0 aliphatic heterocycles. The molecule has 0 saturated heterocycles. The van der Waals surface area contributed by atoms with E-state index >= 15 is 0 Å². The van der Waals surface area contributed by atoms with Crippen molar-refractivity contribution in [2.45, 2.75) is 20.4 Å². The van der Waals surface area contributed by atoms with Crippen molar-refractivity contribution in [3.63, 3.8) is 0 Å². The van der Waals surface area contributed by atoms with E-state index in [1.807, 2.05) is 25.1 Å². The Kier molecular flexibility index (Phi) is 6.23. The number of rotatable bonds is 5. The first-order valence-corrected chi connectivity index (χ1v) is 8.27. The number of amides is 2. The van der Waals surface area contributed by atoms with E-state index in [2.05, 4.69) is 5.32 Å². The van der Waals surface area contributed by atoms with Crippen LogP contribution in [-0.2, 0) is 11.3 Å². The fraction of sp³-hybridized carbons (Fsp3) is 0.222. The Balaban J connectivity index is 2.14. The molecular formula is C18H18Cl2N2O2. The predicted molar refractivity (Wildman–Crippen MR) is 97.6 cm³/mol. The van der Waals surface area contributed by atoms with Crippen molar-refractivity contribution < 1.29 is 9.59 Å². The van der Waals surface area contributed by atoms with Crippen LogP contribution in [0.2, 0.25) is 10.0 Å². The SMILES string of the molecule is CCN(Cc1cccc(NC(=O)c2ccc(Cl)cc2Cl)c1)C(C)=O. The second-order valence-corrected chi connectivity index (χ2v) is 6.16. The molecule has 2 aromatic carbocycles. The van der Waals surface area contributed by atoms with E-state index in [1.165, 1.54) is 13.0 Å². The highest BCUT2D eigenvalue weighted by Gasteiger charge is 2.12. The van der Waals surface area contributed by atoms with E-state index in [0.717, 1.165) is 5.56 Å². The van der Waals surface area contributed by atoms with Crippen LogP contribution < -0.4 is 5.32 Å². The number of carbonyl (C=O) groups excluding carboxylic acids is 2. The maximum Gasteiger partial charge on any atom is 0.257 e. The molecule has 2 aromatic rings. The minimum Gasteiger partial charge on any atom is -0.339 e. The molecule has 2 amide bonds. The van der Waals surface area contributed by atoms with Crippen LogP contribution in [0, 0.1) is 0 Å². The van der Waals surface area contributed by atoms with E-state index in [0.29, 0.717) is 34.4 Å². The van der Waals surface area contributed by atoms with Crippen LogP contribution in [0.1, 0.15) is 29.8 Å². The number of nitrogens with zero attached hydrogens (tertiary/aromatic N) is 1. The van der Waals surface area contributed by atoms with E-state index in [9.17, 15) is 9.59 Å². The van der Waals surface area contributed by atoms with E-state index < -0.39 is 0 Å². The minimum atomic E-state index is -0.312. The molecule has 0 aliphatic carbocycles. The number of anilines is 1. The third kappa shape index (κ3) is 4.73. The third-order valence-electron chi connectivity index (χ3n) is 3.56. The third-order valence-corrected chi connectivity index (χ3v) is 4.11. The monoisotopic (exact) mass is 364 g/mol. The van der Waals surface area contributed by atoms with Gasteiger partial charge in [-0.25, -0.2) is 0 Å². The van der Waals surface area contributed by atoms with Crippen LogP contribution in [-0.4, -0.2) is 23.3 Å². The molecule has 0 bridgehead atoms. The summed E-state index contributed by atoms with van der Waals surface area (Å²) in [5.74, 6) is -0.299. The van der Waals surface area contributed by atoms with Crippen LogP contribution in [0.25, 0.3) is 0 Å². The van der Waals surface area contributed by atoms with Gasteiger partial charge in [-0.05, 0) is 42.8 Å². The maximum absolute atomic E-state index is 12.3. The van der Waals surface area contributed by atoms with Crippen molar-refractivity contribution in [2.75, 3.05) is 11.9 Å². The molecule has 0 unspecified atom stereocenters. The smallest absolute Gasteiger partial charge is 0.257 e. The minimum absolute atomic E-state index is 0.0138. The molecule has 0 radical (unpaired) electrons. The van der Waals surface area contributed by atoms with Crippen molar-refractivity contribution >= 4 is 40.7 Å². The van der Waals surface area contributed by atoms with Gasteiger partial charge in [0.05, 0.1) is 10.6 Å². The standard InChI is InChI=1S/C18H18Cl2N2O2/c1-3-22(12(2)23)11-13-5-4-6-15(9-13)21-18(24)16-8-7-14(19)10-17(16)20/h4-10H,3,11H2,1-2H3,(H,21,24). The highest BCUT2D eigenvalue weighted by atomic mass is 35.5. The molecule has 0 fully saturated rings. The van der Waals surface area contributed by atoms with Gasteiger partial charge in [-0.2, -0.15) is 0 Å². The lowest BCUT2D eigenvalue weighted by Crippen LogP contribution is -2.27. The van der Waals surface area contributed by atoms with Crippen molar-refractivity contribution in [3.05, 3.63) is 63.6 Å². The first-order valence-electron chi connectivity index (χ1n) is 7.51. The zero-order chi connectivity index (χ0) is 17.7. The molecule has 4 nitrogen and oxygen atoms in total. The Morgan fingerprint density at radius 2 is 1.88 bits per heavy atom. The second-order valence-electron chi connectivity index (χ2n) is 5.31. The van der Waals surface area contributed by atoms with Crippen LogP contribution >= 0.6 is 23.2 Å². The van der Waals surface area contributed by atoms with Crippen molar-refractivity contribution in [1.82, 2.24) is 4.90 Å². The summed E-state index contributed by atoms with van der Waals surface area (Å²) in [6, 6.07) is 12.1. The summed E-state index contributed by atoms with van der Waals surface area (Å²) in [7, 11) is 0. The number of hydrogen-bond donors (Lipinski definition) is 1. The average Bonchev–Trinajstić information content (AvgIpc) is 2.52. The van der Waals surface area contributed by atoms with Crippen LogP contribution in [0.5, 0.6) is 0 Å². The molecule has 0 aliphatic rings. The summed E-state index contributed by atoms with van der Waals surface area (Å²) in [6.07, 6.45) is 0. The van der Waals surface area contributed by atoms with Gasteiger partial charge in [0.2, 0.25) is 5.91 Å². The Bertz CT molecular complexity index is 762. The van der Waals surface area contributed by atoms with Gasteiger partial charge in [-0.3, -0.25) is 9.59 Å². The molecule has 0 saturated carbocycles. The lowest BCUT2D eigenvalue weighted by molar-refractivity contribution is -0.129. The summed E-state index contributed by atoms with van der Waals surface area (Å²) in [5.41, 5.74) is 1.93. The van der Waals surface area contributed by atoms with Gasteiger partial charge in [0.1, 0.15) is 0 Å². The fourth-order valence-electron chi connectivity index (χ4n) is 2.29. The second kappa shape index (κ2) is 8.18. The number of hydrogen-bond acceptors (Lipinski definition) is 2. The van der Waals surface area contributed by atoms with Gasteiger partial charge in [-0.1, -0.05) is 35.3 Å². The van der Waals surface area contributed by atoms with Gasteiger partial charge >= 0.3 is 0 Å². The Morgan fingerprint density at radius 3 is 2.50 bits per heavy atom. The van der Waals surface area contributed by atoms with Gasteiger partial charge in [0.25, 0.3) is 5.91 Å². The molecule has 0 aromatic heterocycles. The molecule has 2 rings (SSSR count). The fourth-order valence-corrected chi connectivity index (χ4v) is 2.78. The van der Waals surface area contributed by atoms with Gasteiger partial charge in [-0.15, -0.1) is 0 Å². The molecule has 0 heterocycles. The summed E-state index contributed by atoms with van der Waals surface area (Å²) in [6.45, 7) is 4.59. The first-order chi connectivity index (χ1) is 11.4. The normalized spacial score (nSPS) is 10.3. The average molecular weight is 365 g/mol. The van der Waals surface area contributed by atoms with Crippen molar-refractivity contribution in [3.8, 4) is 0 Å². The maximum atomic E-state index is 12.3. The number of halogens is 2. The summed E-state index contributed by atoms with van der Waals surface area (Å²) < 4.78 is 0. The number of benzene rings is 2. The molecular weight excluding hydrogens is 347 g/mol. The quantitative estimate of drug-likeness (QED) is 0.841. The summed E-state index contributed by atoms with van der Waals surface area (Å²) in [5, 5.41) is 3.58. The van der Waals surface area contributed by atoms with E-state index in [-0.39, 0.29) is 11.8 Å². The first kappa shape index (κ1) is 18.3. The molecule has 126 valence electrons. The largest absolute Gasteiger partial charge is 0.339 e. The predicted octanol–water partition coefficient (Wildman–Crippen LogP) is 4.61. The van der Waals surface area contributed by atoms with Crippen molar-refractivity contribution in [1.29, 1.82) is 0 Å². The highest BCUT2D eigenvalue weighted by molar-refractivity contribution is 6.37. The Labute approximate surface area is 151 Å². The number of nitrogens with one attached hydrogen (secondary N) is 1. The zero-order valence-electron chi connectivity index (χ0n) is 13.5. The number of carbonyl (C=O) groups is 2. The summed E-state index contributed by atoms with van der Waals surface area (Å²) in [4.78, 5) is 25.6. The Morgan fingerprint density at radius 1 is 1.12 bits per heavy atom. The zero-order valence-corrected chi connectivity index (χ0v) is 15.0. The molecule has 0 atom stereocenters.